The van der Waals surface area contributed by atoms with Gasteiger partial charge in [-0.3, -0.25) is 9.59 Å². The molecule has 3 rings (SSSR count). The molecule has 1 N–H and O–H groups in total. The number of carbonyl (C=O) groups is 2. The average molecular weight is 484 g/mol. The van der Waals surface area contributed by atoms with Crippen molar-refractivity contribution in [3.05, 3.63) is 68.4 Å². The summed E-state index contributed by atoms with van der Waals surface area (Å²) in [6.45, 7) is 0.837. The second-order valence-electron chi connectivity index (χ2n) is 6.12. The van der Waals surface area contributed by atoms with Crippen molar-refractivity contribution in [2.24, 2.45) is 0 Å². The van der Waals surface area contributed by atoms with E-state index in [2.05, 4.69) is 37.2 Å². The maximum atomic E-state index is 13.2. The van der Waals surface area contributed by atoms with Gasteiger partial charge in [0.2, 0.25) is 5.91 Å². The third-order valence-electron chi connectivity index (χ3n) is 4.38. The lowest BCUT2D eigenvalue weighted by atomic mass is 10.1. The zero-order chi connectivity index (χ0) is 18.7. The summed E-state index contributed by atoms with van der Waals surface area (Å²) in [5.41, 5.74) is 1.35. The number of hydrogen-bond donors (Lipinski definition) is 1. The Balaban J connectivity index is 1.66. The van der Waals surface area contributed by atoms with Crippen LogP contribution in [-0.4, -0.2) is 29.3 Å². The largest absolute Gasteiger partial charge is 0.350 e. The molecule has 1 aliphatic rings. The van der Waals surface area contributed by atoms with Crippen molar-refractivity contribution in [2.75, 3.05) is 6.54 Å². The predicted molar refractivity (Wildman–Crippen MR) is 104 cm³/mol. The second-order valence-corrected chi connectivity index (χ2v) is 7.89. The molecule has 0 aliphatic carbocycles. The van der Waals surface area contributed by atoms with Gasteiger partial charge in [0.15, 0.2) is 0 Å². The van der Waals surface area contributed by atoms with Crippen molar-refractivity contribution in [3.8, 4) is 0 Å². The van der Waals surface area contributed by atoms with Crippen LogP contribution in [0.1, 0.15) is 28.8 Å². The maximum Gasteiger partial charge on any atom is 0.254 e. The van der Waals surface area contributed by atoms with Crippen LogP contribution in [0.25, 0.3) is 0 Å². The van der Waals surface area contributed by atoms with Gasteiger partial charge in [-0.1, -0.05) is 37.9 Å². The number of hydrogen-bond acceptors (Lipinski definition) is 2. The molecule has 1 fully saturated rings. The molecule has 0 radical (unpaired) electrons. The number of rotatable bonds is 4. The summed E-state index contributed by atoms with van der Waals surface area (Å²) in [5.74, 6) is -0.670. The molecule has 7 heteroatoms. The Morgan fingerprint density at radius 2 is 1.88 bits per heavy atom. The van der Waals surface area contributed by atoms with Crippen LogP contribution in [0.2, 0.25) is 0 Å². The highest BCUT2D eigenvalue weighted by Crippen LogP contribution is 2.22. The van der Waals surface area contributed by atoms with Crippen molar-refractivity contribution < 1.29 is 14.0 Å². The number of benzene rings is 2. The highest BCUT2D eigenvalue weighted by molar-refractivity contribution is 9.10. The zero-order valence-electron chi connectivity index (χ0n) is 13.8. The van der Waals surface area contributed by atoms with Crippen LogP contribution in [-0.2, 0) is 11.3 Å². The van der Waals surface area contributed by atoms with E-state index in [-0.39, 0.29) is 24.2 Å². The normalized spacial score (nSPS) is 16.6. The molecular weight excluding hydrogens is 467 g/mol. The molecule has 136 valence electrons. The van der Waals surface area contributed by atoms with Gasteiger partial charge in [0.25, 0.3) is 5.91 Å². The molecule has 0 saturated carbocycles. The molecule has 4 nitrogen and oxygen atoms in total. The van der Waals surface area contributed by atoms with Gasteiger partial charge in [0.1, 0.15) is 11.9 Å². The topological polar surface area (TPSA) is 49.4 Å². The van der Waals surface area contributed by atoms with Gasteiger partial charge in [0, 0.05) is 27.6 Å². The molecule has 1 unspecified atom stereocenters. The van der Waals surface area contributed by atoms with Crippen LogP contribution in [0.3, 0.4) is 0 Å². The van der Waals surface area contributed by atoms with Crippen molar-refractivity contribution >= 4 is 43.7 Å². The van der Waals surface area contributed by atoms with Crippen molar-refractivity contribution in [3.63, 3.8) is 0 Å². The highest BCUT2D eigenvalue weighted by Gasteiger charge is 2.34. The quantitative estimate of drug-likeness (QED) is 0.705. The minimum Gasteiger partial charge on any atom is -0.350 e. The lowest BCUT2D eigenvalue weighted by Gasteiger charge is -2.24. The average Bonchev–Trinajstić information content (AvgIpc) is 3.10. The third kappa shape index (κ3) is 4.32. The van der Waals surface area contributed by atoms with E-state index in [1.807, 2.05) is 12.1 Å². The van der Waals surface area contributed by atoms with Gasteiger partial charge >= 0.3 is 0 Å². The molecule has 1 atom stereocenters. The zero-order valence-corrected chi connectivity index (χ0v) is 17.0. The molecule has 1 heterocycles. The minimum atomic E-state index is -0.481. The smallest absolute Gasteiger partial charge is 0.254 e. The molecular formula is C19H17Br2FN2O2. The van der Waals surface area contributed by atoms with Crippen molar-refractivity contribution in [2.45, 2.75) is 25.4 Å². The fraction of sp³-hybridized carbons (Fsp3) is 0.263. The van der Waals surface area contributed by atoms with E-state index >= 15 is 0 Å². The molecule has 2 aromatic rings. The van der Waals surface area contributed by atoms with E-state index in [9.17, 15) is 14.0 Å². The number of amides is 2. The molecule has 26 heavy (non-hydrogen) atoms. The van der Waals surface area contributed by atoms with Crippen LogP contribution in [0, 0.1) is 5.82 Å². The van der Waals surface area contributed by atoms with E-state index in [1.165, 1.54) is 12.1 Å². The van der Waals surface area contributed by atoms with Gasteiger partial charge < -0.3 is 10.2 Å². The summed E-state index contributed by atoms with van der Waals surface area (Å²) >= 11 is 6.64. The summed E-state index contributed by atoms with van der Waals surface area (Å²) < 4.78 is 14.7. The Hall–Kier alpha value is -1.73. The van der Waals surface area contributed by atoms with Crippen LogP contribution in [0.5, 0.6) is 0 Å². The van der Waals surface area contributed by atoms with Gasteiger partial charge in [0.05, 0.1) is 0 Å². The lowest BCUT2D eigenvalue weighted by Crippen LogP contribution is -2.45. The Bertz CT molecular complexity index is 827. The number of carbonyl (C=O) groups excluding carboxylic acids is 2. The Kier molecular flexibility index (Phi) is 6.09. The monoisotopic (exact) mass is 482 g/mol. The standard InChI is InChI=1S/C19H17Br2FN2O2/c20-14-6-3-12(4-7-14)19(26)24-9-1-2-17(24)18(25)23-11-13-5-8-15(22)10-16(13)21/h3-8,10,17H,1-2,9,11H2,(H,23,25). The van der Waals surface area contributed by atoms with Gasteiger partial charge in [-0.25, -0.2) is 4.39 Å². The van der Waals surface area contributed by atoms with Gasteiger partial charge in [-0.15, -0.1) is 0 Å². The van der Waals surface area contributed by atoms with Crippen LogP contribution >= 0.6 is 31.9 Å². The SMILES string of the molecule is O=C(NCc1ccc(F)cc1Br)C1CCCN1C(=O)c1ccc(Br)cc1. The molecule has 0 bridgehead atoms. The van der Waals surface area contributed by atoms with Crippen molar-refractivity contribution in [1.82, 2.24) is 10.2 Å². The predicted octanol–water partition coefficient (Wildman–Crippen LogP) is 4.27. The fourth-order valence-electron chi connectivity index (χ4n) is 3.01. The summed E-state index contributed by atoms with van der Waals surface area (Å²) in [7, 11) is 0. The first-order chi connectivity index (χ1) is 12.5. The summed E-state index contributed by atoms with van der Waals surface area (Å²) in [6.07, 6.45) is 1.43. The minimum absolute atomic E-state index is 0.141. The van der Waals surface area contributed by atoms with Gasteiger partial charge in [-0.05, 0) is 54.8 Å². The van der Waals surface area contributed by atoms with Crippen molar-refractivity contribution in [1.29, 1.82) is 0 Å². The third-order valence-corrected chi connectivity index (χ3v) is 5.64. The van der Waals surface area contributed by atoms with Crippen LogP contribution in [0.4, 0.5) is 4.39 Å². The molecule has 2 amide bonds. The fourth-order valence-corrected chi connectivity index (χ4v) is 3.76. The van der Waals surface area contributed by atoms with E-state index in [0.29, 0.717) is 23.0 Å². The van der Waals surface area contributed by atoms with E-state index in [0.717, 1.165) is 16.5 Å². The summed E-state index contributed by atoms with van der Waals surface area (Å²) in [5, 5.41) is 2.85. The van der Waals surface area contributed by atoms with E-state index < -0.39 is 6.04 Å². The first kappa shape index (κ1) is 19.0. The van der Waals surface area contributed by atoms with Crippen LogP contribution in [0.15, 0.2) is 51.4 Å². The second kappa shape index (κ2) is 8.31. The van der Waals surface area contributed by atoms with Crippen LogP contribution < -0.4 is 5.32 Å². The Morgan fingerprint density at radius 1 is 1.15 bits per heavy atom. The molecule has 0 aromatic heterocycles. The summed E-state index contributed by atoms with van der Waals surface area (Å²) in [6, 6.07) is 11.0. The number of nitrogens with zero attached hydrogens (tertiary/aromatic N) is 1. The first-order valence-electron chi connectivity index (χ1n) is 8.24. The maximum absolute atomic E-state index is 13.2. The number of halogens is 3. The molecule has 1 aliphatic heterocycles. The highest BCUT2D eigenvalue weighted by atomic mass is 79.9. The van der Waals surface area contributed by atoms with E-state index in [1.54, 1.807) is 23.1 Å². The molecule has 1 saturated heterocycles. The number of nitrogens with one attached hydrogen (secondary N) is 1. The lowest BCUT2D eigenvalue weighted by molar-refractivity contribution is -0.125. The number of likely N-dealkylation sites (tertiary alicyclic amines) is 1. The molecule has 0 spiro atoms. The Morgan fingerprint density at radius 3 is 2.58 bits per heavy atom. The first-order valence-corrected chi connectivity index (χ1v) is 9.82. The Labute approximate surface area is 168 Å². The molecule has 2 aromatic carbocycles. The van der Waals surface area contributed by atoms with Gasteiger partial charge in [-0.2, -0.15) is 0 Å². The van der Waals surface area contributed by atoms with E-state index in [4.69, 9.17) is 0 Å². The summed E-state index contributed by atoms with van der Waals surface area (Å²) in [4.78, 5) is 26.9.